The lowest BCUT2D eigenvalue weighted by Crippen LogP contribution is -2.32. The van der Waals surface area contributed by atoms with E-state index in [1.54, 1.807) is 0 Å². The fraction of sp³-hybridized carbons (Fsp3) is 0.409. The van der Waals surface area contributed by atoms with Gasteiger partial charge < -0.3 is 14.8 Å². The van der Waals surface area contributed by atoms with E-state index in [0.29, 0.717) is 18.9 Å². The van der Waals surface area contributed by atoms with Gasteiger partial charge in [0.1, 0.15) is 18.1 Å². The Morgan fingerprint density at radius 1 is 1.04 bits per heavy atom. The third-order valence-electron chi connectivity index (χ3n) is 4.33. The topological polar surface area (TPSA) is 47.6 Å². The maximum atomic E-state index is 12.0. The van der Waals surface area contributed by atoms with Crippen molar-refractivity contribution in [3.05, 3.63) is 57.6 Å². The van der Waals surface area contributed by atoms with Gasteiger partial charge in [-0.3, -0.25) is 4.79 Å². The van der Waals surface area contributed by atoms with Crippen molar-refractivity contribution in [2.45, 2.75) is 40.0 Å². The Morgan fingerprint density at radius 3 is 2.41 bits per heavy atom. The van der Waals surface area contributed by atoms with Gasteiger partial charge in [0, 0.05) is 0 Å². The number of halogens is 1. The third-order valence-corrected chi connectivity index (χ3v) is 4.95. The lowest BCUT2D eigenvalue weighted by Gasteiger charge is -2.20. The molecule has 0 spiro atoms. The van der Waals surface area contributed by atoms with Gasteiger partial charge in [-0.2, -0.15) is 0 Å². The maximum absolute atomic E-state index is 12.0. The van der Waals surface area contributed by atoms with E-state index in [1.165, 1.54) is 16.7 Å². The van der Waals surface area contributed by atoms with Crippen LogP contribution in [0.2, 0.25) is 0 Å². The van der Waals surface area contributed by atoms with E-state index in [9.17, 15) is 4.79 Å². The second-order valence-corrected chi connectivity index (χ2v) is 8.48. The normalized spacial score (nSPS) is 11.2. The molecule has 0 aliphatic carbocycles. The van der Waals surface area contributed by atoms with Crippen molar-refractivity contribution in [3.8, 4) is 11.5 Å². The molecule has 0 aromatic heterocycles. The van der Waals surface area contributed by atoms with Crippen molar-refractivity contribution in [1.82, 2.24) is 5.32 Å². The average molecular weight is 434 g/mol. The van der Waals surface area contributed by atoms with Gasteiger partial charge in [0.2, 0.25) is 0 Å². The van der Waals surface area contributed by atoms with E-state index in [1.807, 2.05) is 43.3 Å². The molecule has 0 fully saturated rings. The quantitative estimate of drug-likeness (QED) is 0.629. The van der Waals surface area contributed by atoms with Crippen LogP contribution in [0.15, 0.2) is 40.9 Å². The second kappa shape index (κ2) is 9.27. The monoisotopic (exact) mass is 433 g/mol. The van der Waals surface area contributed by atoms with Crippen molar-refractivity contribution in [3.63, 3.8) is 0 Å². The molecule has 0 aliphatic heterocycles. The van der Waals surface area contributed by atoms with Gasteiger partial charge >= 0.3 is 0 Å². The molecule has 0 atom stereocenters. The fourth-order valence-corrected chi connectivity index (χ4v) is 2.94. The molecule has 0 radical (unpaired) electrons. The second-order valence-electron chi connectivity index (χ2n) is 7.63. The van der Waals surface area contributed by atoms with Crippen LogP contribution in [0.1, 0.15) is 37.5 Å². The van der Waals surface area contributed by atoms with E-state index in [-0.39, 0.29) is 17.9 Å². The molecule has 2 aromatic rings. The van der Waals surface area contributed by atoms with Crippen molar-refractivity contribution < 1.29 is 14.3 Å². The van der Waals surface area contributed by atoms with E-state index in [2.05, 4.69) is 48.9 Å². The number of hydrogen-bond donors (Lipinski definition) is 1. The van der Waals surface area contributed by atoms with Crippen LogP contribution in [-0.4, -0.2) is 25.7 Å². The summed E-state index contributed by atoms with van der Waals surface area (Å²) in [5.74, 6) is 1.29. The van der Waals surface area contributed by atoms with Crippen LogP contribution in [0, 0.1) is 13.8 Å². The molecule has 0 unspecified atom stereocenters. The van der Waals surface area contributed by atoms with Crippen LogP contribution in [0.3, 0.4) is 0 Å². The number of rotatable bonds is 7. The number of carbonyl (C=O) groups is 1. The summed E-state index contributed by atoms with van der Waals surface area (Å²) < 4.78 is 12.1. The van der Waals surface area contributed by atoms with E-state index in [0.717, 1.165) is 10.2 Å². The first kappa shape index (κ1) is 21.3. The number of carbonyl (C=O) groups excluding carboxylic acids is 1. The number of aryl methyl sites for hydroxylation is 2. The standard InChI is InChI=1S/C22H28BrNO3/c1-15-6-8-18(12-16(15)2)26-11-10-24-21(25)14-27-20-9-7-17(13-19(20)23)22(3,4)5/h6-9,12-13H,10-11,14H2,1-5H3,(H,24,25). The first-order chi connectivity index (χ1) is 12.7. The minimum Gasteiger partial charge on any atom is -0.492 e. The van der Waals surface area contributed by atoms with Gasteiger partial charge in [0.05, 0.1) is 11.0 Å². The van der Waals surface area contributed by atoms with Gasteiger partial charge in [-0.15, -0.1) is 0 Å². The van der Waals surface area contributed by atoms with Crippen LogP contribution in [0.4, 0.5) is 0 Å². The smallest absolute Gasteiger partial charge is 0.258 e. The van der Waals surface area contributed by atoms with E-state index in [4.69, 9.17) is 9.47 Å². The minimum atomic E-state index is -0.175. The van der Waals surface area contributed by atoms with Crippen molar-refractivity contribution in [2.75, 3.05) is 19.8 Å². The Labute approximate surface area is 170 Å². The van der Waals surface area contributed by atoms with Gasteiger partial charge in [-0.25, -0.2) is 0 Å². The molecule has 27 heavy (non-hydrogen) atoms. The average Bonchev–Trinajstić information content (AvgIpc) is 2.59. The molecule has 4 nitrogen and oxygen atoms in total. The zero-order valence-corrected chi connectivity index (χ0v) is 18.3. The third kappa shape index (κ3) is 6.58. The Morgan fingerprint density at radius 2 is 1.78 bits per heavy atom. The summed E-state index contributed by atoms with van der Waals surface area (Å²) >= 11 is 3.51. The van der Waals surface area contributed by atoms with Crippen LogP contribution in [-0.2, 0) is 10.2 Å². The summed E-state index contributed by atoms with van der Waals surface area (Å²) in [6.07, 6.45) is 0. The molecular weight excluding hydrogens is 406 g/mol. The first-order valence-electron chi connectivity index (χ1n) is 9.06. The summed E-state index contributed by atoms with van der Waals surface area (Å²) in [5, 5.41) is 2.80. The fourth-order valence-electron chi connectivity index (χ4n) is 2.44. The Balaban J connectivity index is 1.74. The highest BCUT2D eigenvalue weighted by atomic mass is 79.9. The van der Waals surface area contributed by atoms with E-state index >= 15 is 0 Å². The van der Waals surface area contributed by atoms with Gasteiger partial charge in [-0.1, -0.05) is 32.9 Å². The summed E-state index contributed by atoms with van der Waals surface area (Å²) in [4.78, 5) is 12.0. The molecule has 5 heteroatoms. The number of nitrogens with one attached hydrogen (secondary N) is 1. The van der Waals surface area contributed by atoms with Crippen molar-refractivity contribution in [1.29, 1.82) is 0 Å². The summed E-state index contributed by atoms with van der Waals surface area (Å²) in [7, 11) is 0. The van der Waals surface area contributed by atoms with E-state index < -0.39 is 0 Å². The lowest BCUT2D eigenvalue weighted by atomic mass is 9.87. The van der Waals surface area contributed by atoms with Gasteiger partial charge in [-0.05, 0) is 76.1 Å². The largest absolute Gasteiger partial charge is 0.492 e. The zero-order valence-electron chi connectivity index (χ0n) is 16.7. The molecule has 2 aromatic carbocycles. The molecule has 1 N–H and O–H groups in total. The summed E-state index contributed by atoms with van der Waals surface area (Å²) in [6, 6.07) is 11.9. The molecule has 0 heterocycles. The first-order valence-corrected chi connectivity index (χ1v) is 9.85. The molecule has 146 valence electrons. The Hall–Kier alpha value is -2.01. The molecule has 0 saturated carbocycles. The summed E-state index contributed by atoms with van der Waals surface area (Å²) in [5.41, 5.74) is 3.69. The molecule has 0 aliphatic rings. The van der Waals surface area contributed by atoms with Gasteiger partial charge in [0.15, 0.2) is 6.61 Å². The number of benzene rings is 2. The molecular formula is C22H28BrNO3. The van der Waals surface area contributed by atoms with Gasteiger partial charge in [0.25, 0.3) is 5.91 Å². The molecule has 0 bridgehead atoms. The summed E-state index contributed by atoms with van der Waals surface area (Å²) in [6.45, 7) is 11.4. The number of hydrogen-bond acceptors (Lipinski definition) is 3. The highest BCUT2D eigenvalue weighted by Crippen LogP contribution is 2.31. The van der Waals surface area contributed by atoms with Crippen LogP contribution in [0.25, 0.3) is 0 Å². The highest BCUT2D eigenvalue weighted by Gasteiger charge is 2.15. The Kier molecular flexibility index (Phi) is 7.31. The van der Waals surface area contributed by atoms with Crippen molar-refractivity contribution in [2.24, 2.45) is 0 Å². The molecule has 0 saturated heterocycles. The number of ether oxygens (including phenoxy) is 2. The van der Waals surface area contributed by atoms with Crippen LogP contribution in [0.5, 0.6) is 11.5 Å². The van der Waals surface area contributed by atoms with Crippen LogP contribution < -0.4 is 14.8 Å². The molecule has 1 amide bonds. The minimum absolute atomic E-state index is 0.0307. The lowest BCUT2D eigenvalue weighted by molar-refractivity contribution is -0.123. The highest BCUT2D eigenvalue weighted by molar-refractivity contribution is 9.10. The van der Waals surface area contributed by atoms with Crippen molar-refractivity contribution >= 4 is 21.8 Å². The zero-order chi connectivity index (χ0) is 20.0. The predicted molar refractivity (Wildman–Crippen MR) is 113 cm³/mol. The number of amides is 1. The van der Waals surface area contributed by atoms with Crippen LogP contribution >= 0.6 is 15.9 Å². The molecule has 2 rings (SSSR count). The Bertz CT molecular complexity index is 797. The SMILES string of the molecule is Cc1ccc(OCCNC(=O)COc2ccc(C(C)(C)C)cc2Br)cc1C. The maximum Gasteiger partial charge on any atom is 0.258 e. The predicted octanol–water partition coefficient (Wildman–Crippen LogP) is 4.94.